The van der Waals surface area contributed by atoms with Gasteiger partial charge >= 0.3 is 0 Å². The standard InChI is InChI=1S/C7H6NOS/c9-6-10-5-7-3-1-2-4-8-7/h1-4H,5H2. The molecule has 0 aromatic carbocycles. The molecule has 1 aromatic rings. The molecule has 0 aliphatic carbocycles. The van der Waals surface area contributed by atoms with Crippen LogP contribution in [0.3, 0.4) is 0 Å². The lowest BCUT2D eigenvalue weighted by molar-refractivity contribution is 0.570. The van der Waals surface area contributed by atoms with Gasteiger partial charge in [-0.15, -0.1) is 0 Å². The smallest absolute Gasteiger partial charge is 0.266 e. The Balaban J connectivity index is 2.50. The zero-order chi connectivity index (χ0) is 7.23. The summed E-state index contributed by atoms with van der Waals surface area (Å²) in [4.78, 5) is 13.8. The Morgan fingerprint density at radius 1 is 1.60 bits per heavy atom. The van der Waals surface area contributed by atoms with Gasteiger partial charge in [-0.3, -0.25) is 9.78 Å². The molecule has 1 rings (SSSR count). The predicted molar refractivity (Wildman–Crippen MR) is 41.2 cm³/mol. The van der Waals surface area contributed by atoms with Gasteiger partial charge in [-0.05, 0) is 12.1 Å². The van der Waals surface area contributed by atoms with Crippen molar-refractivity contribution in [3.63, 3.8) is 0 Å². The molecule has 0 N–H and O–H groups in total. The summed E-state index contributed by atoms with van der Waals surface area (Å²) in [5, 5.41) is 0. The number of hydrogen-bond donors (Lipinski definition) is 0. The zero-order valence-electron chi connectivity index (χ0n) is 5.28. The van der Waals surface area contributed by atoms with Crippen LogP contribution in [0, 0.1) is 0 Å². The maximum atomic E-state index is 9.79. The van der Waals surface area contributed by atoms with Gasteiger partial charge in [0.1, 0.15) is 0 Å². The van der Waals surface area contributed by atoms with Crippen molar-refractivity contribution in [2.75, 3.05) is 0 Å². The fourth-order valence-corrected chi connectivity index (χ4v) is 0.964. The van der Waals surface area contributed by atoms with Gasteiger partial charge in [0.15, 0.2) is 0 Å². The van der Waals surface area contributed by atoms with Crippen molar-refractivity contribution in [3.8, 4) is 0 Å². The lowest BCUT2D eigenvalue weighted by Gasteiger charge is -1.91. The van der Waals surface area contributed by atoms with E-state index in [1.54, 1.807) is 11.8 Å². The molecule has 0 saturated heterocycles. The van der Waals surface area contributed by atoms with Gasteiger partial charge in [0.25, 0.3) is 5.62 Å². The Bertz CT molecular complexity index is 200. The van der Waals surface area contributed by atoms with E-state index in [9.17, 15) is 4.79 Å². The molecule has 0 bridgehead atoms. The molecule has 0 aliphatic rings. The van der Waals surface area contributed by atoms with E-state index >= 15 is 0 Å². The highest BCUT2D eigenvalue weighted by atomic mass is 32.2. The Kier molecular flexibility index (Phi) is 2.96. The van der Waals surface area contributed by atoms with E-state index in [1.807, 2.05) is 18.2 Å². The second-order valence-electron chi connectivity index (χ2n) is 1.69. The van der Waals surface area contributed by atoms with E-state index in [-0.39, 0.29) is 0 Å². The fourth-order valence-electron chi connectivity index (χ4n) is 0.587. The molecule has 1 heterocycles. The quantitative estimate of drug-likeness (QED) is 0.655. The third kappa shape index (κ3) is 2.19. The highest BCUT2D eigenvalue weighted by molar-refractivity contribution is 8.11. The van der Waals surface area contributed by atoms with E-state index in [1.165, 1.54) is 0 Å². The normalized spacial score (nSPS) is 9.20. The molecule has 1 radical (unpaired) electrons. The average Bonchev–Trinajstić information content (AvgIpc) is 2.03. The maximum absolute atomic E-state index is 9.79. The first kappa shape index (κ1) is 7.28. The van der Waals surface area contributed by atoms with Gasteiger partial charge < -0.3 is 0 Å². The number of nitrogens with zero attached hydrogens (tertiary/aromatic N) is 1. The third-order valence-corrected chi connectivity index (χ3v) is 1.56. The SMILES string of the molecule is O=[C]SCc1ccccn1. The van der Waals surface area contributed by atoms with Gasteiger partial charge in [-0.25, -0.2) is 0 Å². The topological polar surface area (TPSA) is 30.0 Å². The van der Waals surface area contributed by atoms with Gasteiger partial charge in [-0.1, -0.05) is 17.8 Å². The van der Waals surface area contributed by atoms with Crippen LogP contribution in [0.4, 0.5) is 0 Å². The molecular weight excluding hydrogens is 146 g/mol. The molecule has 0 amide bonds. The largest absolute Gasteiger partial charge is 0.277 e. The predicted octanol–water partition coefficient (Wildman–Crippen LogP) is 1.38. The van der Waals surface area contributed by atoms with Crippen molar-refractivity contribution in [1.29, 1.82) is 0 Å². The van der Waals surface area contributed by atoms with Crippen molar-refractivity contribution in [2.24, 2.45) is 0 Å². The second kappa shape index (κ2) is 4.06. The Hall–Kier alpha value is -0.830. The molecular formula is C7H6NOS. The zero-order valence-corrected chi connectivity index (χ0v) is 6.10. The van der Waals surface area contributed by atoms with Crippen LogP contribution >= 0.6 is 11.8 Å². The number of aromatic nitrogens is 1. The minimum Gasteiger partial charge on any atom is -0.277 e. The summed E-state index contributed by atoms with van der Waals surface area (Å²) in [7, 11) is 0. The van der Waals surface area contributed by atoms with Crippen molar-refractivity contribution < 1.29 is 4.79 Å². The molecule has 51 valence electrons. The van der Waals surface area contributed by atoms with Crippen LogP contribution in [0.5, 0.6) is 0 Å². The van der Waals surface area contributed by atoms with Gasteiger partial charge in [0, 0.05) is 11.9 Å². The van der Waals surface area contributed by atoms with Gasteiger partial charge in [0.2, 0.25) is 0 Å². The lowest BCUT2D eigenvalue weighted by atomic mass is 10.4. The summed E-state index contributed by atoms with van der Waals surface area (Å²) in [6.45, 7) is 0. The maximum Gasteiger partial charge on any atom is 0.266 e. The summed E-state index contributed by atoms with van der Waals surface area (Å²) in [5.74, 6) is 0.615. The lowest BCUT2D eigenvalue weighted by Crippen LogP contribution is -1.83. The third-order valence-electron chi connectivity index (χ3n) is 1.01. The number of hydrogen-bond acceptors (Lipinski definition) is 3. The first-order valence-electron chi connectivity index (χ1n) is 2.82. The molecule has 2 nitrogen and oxygen atoms in total. The second-order valence-corrected chi connectivity index (χ2v) is 2.44. The monoisotopic (exact) mass is 152 g/mol. The van der Waals surface area contributed by atoms with Crippen LogP contribution in [0.1, 0.15) is 5.69 Å². The van der Waals surface area contributed by atoms with Gasteiger partial charge in [0.05, 0.1) is 5.69 Å². The van der Waals surface area contributed by atoms with Crippen LogP contribution in [0.25, 0.3) is 0 Å². The molecule has 0 unspecified atom stereocenters. The van der Waals surface area contributed by atoms with E-state index < -0.39 is 0 Å². The molecule has 0 fully saturated rings. The Labute approximate surface area is 63.7 Å². The molecule has 0 spiro atoms. The molecule has 0 aliphatic heterocycles. The molecule has 0 atom stereocenters. The highest BCUT2D eigenvalue weighted by Crippen LogP contribution is 2.04. The highest BCUT2D eigenvalue weighted by Gasteiger charge is 1.90. The summed E-state index contributed by atoms with van der Waals surface area (Å²) in [6.07, 6.45) is 1.71. The van der Waals surface area contributed by atoms with Gasteiger partial charge in [-0.2, -0.15) is 0 Å². The number of carbonyl (C=O) groups excluding carboxylic acids is 1. The number of thioether (sulfide) groups is 1. The van der Waals surface area contributed by atoms with E-state index in [0.717, 1.165) is 17.5 Å². The van der Waals surface area contributed by atoms with Crippen LogP contribution in [-0.4, -0.2) is 10.6 Å². The first-order valence-corrected chi connectivity index (χ1v) is 3.81. The average molecular weight is 152 g/mol. The van der Waals surface area contributed by atoms with Crippen LogP contribution in [0.2, 0.25) is 0 Å². The minimum atomic E-state index is 0.615. The Morgan fingerprint density at radius 2 is 2.50 bits per heavy atom. The van der Waals surface area contributed by atoms with Crippen molar-refractivity contribution >= 4 is 17.4 Å². The fraction of sp³-hybridized carbons (Fsp3) is 0.143. The van der Waals surface area contributed by atoms with Crippen LogP contribution in [0.15, 0.2) is 24.4 Å². The molecule has 10 heavy (non-hydrogen) atoms. The number of pyridine rings is 1. The van der Waals surface area contributed by atoms with E-state index in [2.05, 4.69) is 4.98 Å². The van der Waals surface area contributed by atoms with Crippen molar-refractivity contribution in [3.05, 3.63) is 30.1 Å². The van der Waals surface area contributed by atoms with E-state index in [0.29, 0.717) is 5.75 Å². The summed E-state index contributed by atoms with van der Waals surface area (Å²) in [5.41, 5.74) is 2.66. The van der Waals surface area contributed by atoms with Crippen LogP contribution in [-0.2, 0) is 10.5 Å². The van der Waals surface area contributed by atoms with Crippen LogP contribution < -0.4 is 0 Å². The summed E-state index contributed by atoms with van der Waals surface area (Å²) >= 11 is 1.09. The Morgan fingerprint density at radius 3 is 3.10 bits per heavy atom. The molecule has 1 aromatic heterocycles. The molecule has 3 heteroatoms. The number of rotatable bonds is 3. The van der Waals surface area contributed by atoms with Crippen molar-refractivity contribution in [1.82, 2.24) is 4.98 Å². The van der Waals surface area contributed by atoms with E-state index in [4.69, 9.17) is 0 Å². The molecule has 0 saturated carbocycles. The first-order chi connectivity index (χ1) is 4.93. The minimum absolute atomic E-state index is 0.615. The van der Waals surface area contributed by atoms with Crippen molar-refractivity contribution in [2.45, 2.75) is 5.75 Å². The summed E-state index contributed by atoms with van der Waals surface area (Å²) in [6, 6.07) is 5.62. The summed E-state index contributed by atoms with van der Waals surface area (Å²) < 4.78 is 0.